The Morgan fingerprint density at radius 3 is 2.42 bits per heavy atom. The standard InChI is InChI=1S/C17H29N3O4/c1-11(18-12(2)21)9-13-10-14(19-24-13)17(6,7)20(8)15(22)23-16(3,4)5/h10-11H,9H2,1-8H3,(H,18,21). The lowest BCUT2D eigenvalue weighted by Crippen LogP contribution is -2.45. The van der Waals surface area contributed by atoms with E-state index in [1.54, 1.807) is 13.1 Å². The molecule has 0 aromatic carbocycles. The second kappa shape index (κ2) is 7.23. The minimum atomic E-state index is -0.693. The molecule has 1 rings (SSSR count). The van der Waals surface area contributed by atoms with Gasteiger partial charge in [-0.15, -0.1) is 0 Å². The van der Waals surface area contributed by atoms with E-state index in [4.69, 9.17) is 9.26 Å². The number of nitrogens with one attached hydrogen (secondary N) is 1. The van der Waals surface area contributed by atoms with Crippen molar-refractivity contribution in [1.82, 2.24) is 15.4 Å². The Kier molecular flexibility index (Phi) is 6.03. The molecule has 1 heterocycles. The van der Waals surface area contributed by atoms with Crippen molar-refractivity contribution in [1.29, 1.82) is 0 Å². The van der Waals surface area contributed by atoms with Gasteiger partial charge in [-0.25, -0.2) is 4.79 Å². The van der Waals surface area contributed by atoms with Gasteiger partial charge in [0.05, 0.1) is 5.54 Å². The van der Waals surface area contributed by atoms with Gasteiger partial charge in [-0.2, -0.15) is 0 Å². The van der Waals surface area contributed by atoms with E-state index in [9.17, 15) is 9.59 Å². The number of carbonyl (C=O) groups is 2. The van der Waals surface area contributed by atoms with E-state index >= 15 is 0 Å². The molecule has 136 valence electrons. The highest BCUT2D eigenvalue weighted by Crippen LogP contribution is 2.28. The maximum atomic E-state index is 12.3. The highest BCUT2D eigenvalue weighted by molar-refractivity contribution is 5.73. The SMILES string of the molecule is CC(=O)NC(C)Cc1cc(C(C)(C)N(C)C(=O)OC(C)(C)C)no1. The Labute approximate surface area is 143 Å². The van der Waals surface area contributed by atoms with Crippen LogP contribution in [0.1, 0.15) is 59.9 Å². The minimum absolute atomic E-state index is 0.0602. The Balaban J connectivity index is 2.84. The van der Waals surface area contributed by atoms with E-state index in [0.717, 1.165) is 0 Å². The molecule has 0 saturated heterocycles. The third-order valence-corrected chi connectivity index (χ3v) is 3.65. The molecule has 24 heavy (non-hydrogen) atoms. The predicted octanol–water partition coefficient (Wildman–Crippen LogP) is 2.84. The molecular weight excluding hydrogens is 310 g/mol. The van der Waals surface area contributed by atoms with Crippen LogP contribution in [0, 0.1) is 0 Å². The van der Waals surface area contributed by atoms with Crippen molar-refractivity contribution in [3.05, 3.63) is 17.5 Å². The summed E-state index contributed by atoms with van der Waals surface area (Å²) in [7, 11) is 1.67. The summed E-state index contributed by atoms with van der Waals surface area (Å²) in [5.74, 6) is 0.559. The number of hydrogen-bond acceptors (Lipinski definition) is 5. The normalized spacial score (nSPS) is 13.3. The fourth-order valence-corrected chi connectivity index (χ4v) is 2.13. The molecule has 1 atom stereocenters. The summed E-state index contributed by atoms with van der Waals surface area (Å²) < 4.78 is 10.8. The molecule has 0 bridgehead atoms. The van der Waals surface area contributed by atoms with E-state index in [1.165, 1.54) is 11.8 Å². The third kappa shape index (κ3) is 5.54. The lowest BCUT2D eigenvalue weighted by molar-refractivity contribution is -0.119. The monoisotopic (exact) mass is 339 g/mol. The smallest absolute Gasteiger partial charge is 0.410 e. The maximum absolute atomic E-state index is 12.3. The van der Waals surface area contributed by atoms with Gasteiger partial charge in [-0.05, 0) is 41.5 Å². The predicted molar refractivity (Wildman–Crippen MR) is 90.5 cm³/mol. The van der Waals surface area contributed by atoms with Crippen LogP contribution in [0.15, 0.2) is 10.6 Å². The molecule has 1 unspecified atom stereocenters. The summed E-state index contributed by atoms with van der Waals surface area (Å²) in [5, 5.41) is 6.88. The fourth-order valence-electron chi connectivity index (χ4n) is 2.13. The molecule has 0 saturated carbocycles. The van der Waals surface area contributed by atoms with Crippen molar-refractivity contribution in [3.8, 4) is 0 Å². The van der Waals surface area contributed by atoms with Gasteiger partial charge in [0.15, 0.2) is 0 Å². The molecule has 1 N–H and O–H groups in total. The van der Waals surface area contributed by atoms with Crippen LogP contribution >= 0.6 is 0 Å². The topological polar surface area (TPSA) is 84.7 Å². The van der Waals surface area contributed by atoms with Crippen LogP contribution in [0.4, 0.5) is 4.79 Å². The number of nitrogens with zero attached hydrogens (tertiary/aromatic N) is 2. The molecule has 0 spiro atoms. The summed E-state index contributed by atoms with van der Waals surface area (Å²) in [4.78, 5) is 24.9. The number of amides is 2. The zero-order valence-corrected chi connectivity index (χ0v) is 15.9. The molecule has 0 aliphatic rings. The number of aromatic nitrogens is 1. The van der Waals surface area contributed by atoms with Crippen LogP contribution in [0.5, 0.6) is 0 Å². The van der Waals surface area contributed by atoms with Gasteiger partial charge in [0, 0.05) is 32.5 Å². The molecule has 0 fully saturated rings. The van der Waals surface area contributed by atoms with Crippen molar-refractivity contribution < 1.29 is 18.8 Å². The van der Waals surface area contributed by atoms with Gasteiger partial charge in [-0.1, -0.05) is 5.16 Å². The molecule has 1 aromatic rings. The van der Waals surface area contributed by atoms with Gasteiger partial charge in [0.1, 0.15) is 17.1 Å². The Hall–Kier alpha value is -2.05. The average molecular weight is 339 g/mol. The Bertz CT molecular complexity index is 587. The molecule has 0 aliphatic carbocycles. The molecule has 7 heteroatoms. The van der Waals surface area contributed by atoms with Crippen molar-refractivity contribution in [2.45, 2.75) is 72.1 Å². The van der Waals surface area contributed by atoms with Gasteiger partial charge in [0.25, 0.3) is 0 Å². The van der Waals surface area contributed by atoms with Gasteiger partial charge >= 0.3 is 6.09 Å². The van der Waals surface area contributed by atoms with Crippen LogP contribution in [-0.4, -0.2) is 40.7 Å². The van der Waals surface area contributed by atoms with E-state index in [0.29, 0.717) is 17.9 Å². The summed E-state index contributed by atoms with van der Waals surface area (Å²) >= 11 is 0. The molecule has 1 aromatic heterocycles. The average Bonchev–Trinajstić information content (AvgIpc) is 2.83. The number of rotatable bonds is 5. The molecular formula is C17H29N3O4. The number of hydrogen-bond donors (Lipinski definition) is 1. The maximum Gasteiger partial charge on any atom is 0.410 e. The van der Waals surface area contributed by atoms with Crippen molar-refractivity contribution in [2.75, 3.05) is 7.05 Å². The minimum Gasteiger partial charge on any atom is -0.444 e. The van der Waals surface area contributed by atoms with Gasteiger partial charge in [-0.3, -0.25) is 4.79 Å². The first-order valence-electron chi connectivity index (χ1n) is 8.03. The van der Waals surface area contributed by atoms with Crippen LogP contribution in [-0.2, 0) is 21.5 Å². The molecule has 0 aliphatic heterocycles. The number of ether oxygens (including phenoxy) is 1. The van der Waals surface area contributed by atoms with Crippen LogP contribution in [0.25, 0.3) is 0 Å². The first kappa shape index (κ1) is 20.0. The largest absolute Gasteiger partial charge is 0.444 e. The summed E-state index contributed by atoms with van der Waals surface area (Å²) in [6, 6.07) is 1.74. The van der Waals surface area contributed by atoms with Crippen molar-refractivity contribution >= 4 is 12.0 Å². The zero-order valence-electron chi connectivity index (χ0n) is 15.9. The third-order valence-electron chi connectivity index (χ3n) is 3.65. The van der Waals surface area contributed by atoms with Crippen LogP contribution < -0.4 is 5.32 Å². The lowest BCUT2D eigenvalue weighted by atomic mass is 9.98. The molecule has 7 nitrogen and oxygen atoms in total. The second-order valence-electron chi connectivity index (χ2n) is 7.58. The van der Waals surface area contributed by atoms with Crippen molar-refractivity contribution in [2.24, 2.45) is 0 Å². The Morgan fingerprint density at radius 2 is 1.92 bits per heavy atom. The number of carbonyl (C=O) groups excluding carboxylic acids is 2. The zero-order chi connectivity index (χ0) is 18.7. The quantitative estimate of drug-likeness (QED) is 0.891. The second-order valence-corrected chi connectivity index (χ2v) is 7.58. The van der Waals surface area contributed by atoms with E-state index in [-0.39, 0.29) is 11.9 Å². The lowest BCUT2D eigenvalue weighted by Gasteiger charge is -2.35. The van der Waals surface area contributed by atoms with Crippen LogP contribution in [0.3, 0.4) is 0 Å². The van der Waals surface area contributed by atoms with E-state index in [2.05, 4.69) is 10.5 Å². The van der Waals surface area contributed by atoms with Crippen molar-refractivity contribution in [3.63, 3.8) is 0 Å². The fraction of sp³-hybridized carbons (Fsp3) is 0.706. The summed E-state index contributed by atoms with van der Waals surface area (Å²) in [6.45, 7) is 12.6. The summed E-state index contributed by atoms with van der Waals surface area (Å²) in [5.41, 5.74) is -0.633. The first-order valence-corrected chi connectivity index (χ1v) is 8.03. The van der Waals surface area contributed by atoms with Gasteiger partial charge < -0.3 is 19.5 Å². The van der Waals surface area contributed by atoms with E-state index < -0.39 is 17.2 Å². The molecule has 2 amide bonds. The highest BCUT2D eigenvalue weighted by atomic mass is 16.6. The first-order chi connectivity index (χ1) is 10.8. The highest BCUT2D eigenvalue weighted by Gasteiger charge is 2.35. The summed E-state index contributed by atoms with van der Waals surface area (Å²) in [6.07, 6.45) is 0.0994. The van der Waals surface area contributed by atoms with E-state index in [1.807, 2.05) is 41.5 Å². The van der Waals surface area contributed by atoms with Crippen LogP contribution in [0.2, 0.25) is 0 Å². The Morgan fingerprint density at radius 1 is 1.33 bits per heavy atom. The van der Waals surface area contributed by atoms with Gasteiger partial charge in [0.2, 0.25) is 5.91 Å². The molecule has 0 radical (unpaired) electrons.